The lowest BCUT2D eigenvalue weighted by atomic mass is 10.0. The van der Waals surface area contributed by atoms with Crippen molar-refractivity contribution in [2.45, 2.75) is 23.8 Å². The van der Waals surface area contributed by atoms with Crippen LogP contribution in [0.15, 0.2) is 29.2 Å². The number of nitrogens with two attached hydrogens (primary N) is 1. The SMILES string of the molecule is CC(N)CS(=O)CC1CSc2ccccc21. The summed E-state index contributed by atoms with van der Waals surface area (Å²) in [5.41, 5.74) is 7.03. The maximum Gasteiger partial charge on any atom is 0.0384 e. The standard InChI is InChI=1S/C12H17NOS2/c1-9(13)7-16(14)8-10-6-15-12-5-3-2-4-11(10)12/h2-5,9-10H,6-8,13H2,1H3. The van der Waals surface area contributed by atoms with Gasteiger partial charge >= 0.3 is 0 Å². The van der Waals surface area contributed by atoms with E-state index in [9.17, 15) is 4.21 Å². The van der Waals surface area contributed by atoms with Gasteiger partial charge in [0.25, 0.3) is 0 Å². The van der Waals surface area contributed by atoms with Gasteiger partial charge < -0.3 is 5.73 Å². The van der Waals surface area contributed by atoms with Gasteiger partial charge in [0.15, 0.2) is 0 Å². The third kappa shape index (κ3) is 2.87. The Morgan fingerprint density at radius 3 is 3.06 bits per heavy atom. The smallest absolute Gasteiger partial charge is 0.0384 e. The highest BCUT2D eigenvalue weighted by Gasteiger charge is 2.24. The molecule has 1 aliphatic rings. The van der Waals surface area contributed by atoms with Crippen LogP contribution >= 0.6 is 11.8 Å². The summed E-state index contributed by atoms with van der Waals surface area (Å²) in [6, 6.07) is 8.46. The molecule has 88 valence electrons. The Bertz CT molecular complexity index is 392. The summed E-state index contributed by atoms with van der Waals surface area (Å²) in [6.07, 6.45) is 0. The quantitative estimate of drug-likeness (QED) is 0.894. The van der Waals surface area contributed by atoms with Crippen LogP contribution in [0.5, 0.6) is 0 Å². The van der Waals surface area contributed by atoms with E-state index in [1.54, 1.807) is 0 Å². The van der Waals surface area contributed by atoms with Crippen LogP contribution in [0, 0.1) is 0 Å². The molecule has 1 heterocycles. The molecule has 0 aliphatic carbocycles. The van der Waals surface area contributed by atoms with E-state index >= 15 is 0 Å². The molecular weight excluding hydrogens is 238 g/mol. The largest absolute Gasteiger partial charge is 0.327 e. The zero-order valence-corrected chi connectivity index (χ0v) is 11.0. The first-order chi connectivity index (χ1) is 7.66. The van der Waals surface area contributed by atoms with Crippen molar-refractivity contribution in [3.05, 3.63) is 29.8 Å². The van der Waals surface area contributed by atoms with Gasteiger partial charge in [-0.05, 0) is 18.6 Å². The number of thioether (sulfide) groups is 1. The van der Waals surface area contributed by atoms with Gasteiger partial charge in [0.05, 0.1) is 0 Å². The Morgan fingerprint density at radius 1 is 1.56 bits per heavy atom. The lowest BCUT2D eigenvalue weighted by Gasteiger charge is -2.11. The molecule has 0 radical (unpaired) electrons. The first-order valence-electron chi connectivity index (χ1n) is 5.49. The molecule has 4 heteroatoms. The molecule has 0 saturated heterocycles. The molecule has 16 heavy (non-hydrogen) atoms. The van der Waals surface area contributed by atoms with Crippen LogP contribution in [0.25, 0.3) is 0 Å². The second kappa shape index (κ2) is 5.34. The normalized spacial score (nSPS) is 22.8. The molecule has 1 aromatic carbocycles. The first kappa shape index (κ1) is 12.1. The molecular formula is C12H17NOS2. The summed E-state index contributed by atoms with van der Waals surface area (Å²) in [4.78, 5) is 1.35. The highest BCUT2D eigenvalue weighted by Crippen LogP contribution is 2.39. The van der Waals surface area contributed by atoms with Crippen LogP contribution in [-0.4, -0.2) is 27.5 Å². The van der Waals surface area contributed by atoms with E-state index in [1.165, 1.54) is 10.5 Å². The van der Waals surface area contributed by atoms with Gasteiger partial charge in [-0.1, -0.05) is 18.2 Å². The molecule has 0 bridgehead atoms. The number of rotatable bonds is 4. The van der Waals surface area contributed by atoms with Gasteiger partial charge in [-0.15, -0.1) is 11.8 Å². The van der Waals surface area contributed by atoms with Gasteiger partial charge in [-0.2, -0.15) is 0 Å². The molecule has 0 aromatic heterocycles. The van der Waals surface area contributed by atoms with Gasteiger partial charge in [0.1, 0.15) is 0 Å². The maximum atomic E-state index is 11.8. The predicted octanol–water partition coefficient (Wildman–Crippen LogP) is 1.97. The number of fused-ring (bicyclic) bond motifs is 1. The van der Waals surface area contributed by atoms with E-state index in [1.807, 2.05) is 18.7 Å². The van der Waals surface area contributed by atoms with E-state index in [2.05, 4.69) is 24.3 Å². The molecule has 2 rings (SSSR count). The van der Waals surface area contributed by atoms with Gasteiger partial charge in [-0.3, -0.25) is 4.21 Å². The minimum Gasteiger partial charge on any atom is -0.327 e. The Kier molecular flexibility index (Phi) is 4.05. The van der Waals surface area contributed by atoms with Crippen LogP contribution < -0.4 is 5.73 Å². The van der Waals surface area contributed by atoms with Gasteiger partial charge in [-0.25, -0.2) is 0 Å². The van der Waals surface area contributed by atoms with E-state index in [0.717, 1.165) is 11.5 Å². The molecule has 0 saturated carbocycles. The molecule has 0 spiro atoms. The fourth-order valence-electron chi connectivity index (χ4n) is 1.95. The van der Waals surface area contributed by atoms with Crippen molar-refractivity contribution in [3.8, 4) is 0 Å². The zero-order chi connectivity index (χ0) is 11.5. The van der Waals surface area contributed by atoms with Gasteiger partial charge in [0.2, 0.25) is 0 Å². The molecule has 2 nitrogen and oxygen atoms in total. The van der Waals surface area contributed by atoms with E-state index in [-0.39, 0.29) is 6.04 Å². The first-order valence-corrected chi connectivity index (χ1v) is 7.96. The molecule has 1 aliphatic heterocycles. The average molecular weight is 255 g/mol. The molecule has 3 unspecified atom stereocenters. The second-order valence-electron chi connectivity index (χ2n) is 4.30. The van der Waals surface area contributed by atoms with Crippen molar-refractivity contribution < 1.29 is 4.21 Å². The van der Waals surface area contributed by atoms with E-state index < -0.39 is 10.8 Å². The summed E-state index contributed by atoms with van der Waals surface area (Å²) >= 11 is 1.87. The summed E-state index contributed by atoms with van der Waals surface area (Å²) in [7, 11) is -0.786. The molecule has 2 N–H and O–H groups in total. The minimum atomic E-state index is -0.786. The highest BCUT2D eigenvalue weighted by atomic mass is 32.2. The van der Waals surface area contributed by atoms with E-state index in [0.29, 0.717) is 11.7 Å². The zero-order valence-electron chi connectivity index (χ0n) is 9.39. The van der Waals surface area contributed by atoms with Crippen molar-refractivity contribution in [2.75, 3.05) is 17.3 Å². The monoisotopic (exact) mass is 255 g/mol. The molecule has 1 aromatic rings. The molecule has 3 atom stereocenters. The molecule has 0 amide bonds. The summed E-state index contributed by atoms with van der Waals surface area (Å²) < 4.78 is 11.8. The third-order valence-electron chi connectivity index (χ3n) is 2.63. The lowest BCUT2D eigenvalue weighted by molar-refractivity contribution is 0.671. The van der Waals surface area contributed by atoms with Crippen LogP contribution in [0.4, 0.5) is 0 Å². The Labute approximate surface area is 103 Å². The maximum absolute atomic E-state index is 11.8. The summed E-state index contributed by atoms with van der Waals surface area (Å²) in [5, 5.41) is 0. The van der Waals surface area contributed by atoms with Crippen molar-refractivity contribution in [1.29, 1.82) is 0 Å². The van der Waals surface area contributed by atoms with Crippen LogP contribution in [-0.2, 0) is 10.8 Å². The number of hydrogen-bond acceptors (Lipinski definition) is 3. The summed E-state index contributed by atoms with van der Waals surface area (Å²) in [5.74, 6) is 2.87. The van der Waals surface area contributed by atoms with Crippen molar-refractivity contribution in [2.24, 2.45) is 5.73 Å². The highest BCUT2D eigenvalue weighted by molar-refractivity contribution is 7.99. The average Bonchev–Trinajstić information content (AvgIpc) is 2.61. The Balaban J connectivity index is 2.00. The summed E-state index contributed by atoms with van der Waals surface area (Å²) in [6.45, 7) is 1.91. The van der Waals surface area contributed by atoms with Gasteiger partial charge in [0, 0.05) is 44.9 Å². The number of hydrogen-bond donors (Lipinski definition) is 1. The second-order valence-corrected chi connectivity index (χ2v) is 6.90. The van der Waals surface area contributed by atoms with Crippen LogP contribution in [0.3, 0.4) is 0 Å². The minimum absolute atomic E-state index is 0.0325. The third-order valence-corrected chi connectivity index (χ3v) is 5.56. The molecule has 0 fully saturated rings. The number of benzene rings is 1. The lowest BCUT2D eigenvalue weighted by Crippen LogP contribution is -2.25. The van der Waals surface area contributed by atoms with Crippen LogP contribution in [0.1, 0.15) is 18.4 Å². The van der Waals surface area contributed by atoms with Crippen molar-refractivity contribution in [3.63, 3.8) is 0 Å². The fourth-order valence-corrected chi connectivity index (χ4v) is 4.83. The fraction of sp³-hybridized carbons (Fsp3) is 0.500. The van der Waals surface area contributed by atoms with E-state index in [4.69, 9.17) is 5.73 Å². The van der Waals surface area contributed by atoms with Crippen molar-refractivity contribution >= 4 is 22.6 Å². The Morgan fingerprint density at radius 2 is 2.31 bits per heavy atom. The van der Waals surface area contributed by atoms with Crippen LogP contribution in [0.2, 0.25) is 0 Å². The topological polar surface area (TPSA) is 43.1 Å². The van der Waals surface area contributed by atoms with Crippen molar-refractivity contribution in [1.82, 2.24) is 0 Å². The Hall–Kier alpha value is -0.320. The predicted molar refractivity (Wildman–Crippen MR) is 71.4 cm³/mol.